The van der Waals surface area contributed by atoms with Gasteiger partial charge in [0.2, 0.25) is 0 Å². The molecule has 1 aliphatic heterocycles. The summed E-state index contributed by atoms with van der Waals surface area (Å²) in [5.74, 6) is -0.196. The predicted molar refractivity (Wildman–Crippen MR) is 71.2 cm³/mol. The van der Waals surface area contributed by atoms with Crippen LogP contribution in [-0.4, -0.2) is 26.3 Å². The number of nitrogens with two attached hydrogens (primary N) is 1. The minimum Gasteiger partial charge on any atom is -0.381 e. The molecule has 100 valence electrons. The van der Waals surface area contributed by atoms with Crippen LogP contribution in [0.1, 0.15) is 31.4 Å². The fourth-order valence-corrected chi connectivity index (χ4v) is 2.53. The molecule has 1 aliphatic rings. The third kappa shape index (κ3) is 2.65. The highest BCUT2D eigenvalue weighted by molar-refractivity contribution is 5.56. The molecule has 0 unspecified atom stereocenters. The van der Waals surface area contributed by atoms with Crippen molar-refractivity contribution in [3.05, 3.63) is 29.6 Å². The van der Waals surface area contributed by atoms with Crippen LogP contribution in [0, 0.1) is 5.82 Å². The van der Waals surface area contributed by atoms with Crippen molar-refractivity contribution >= 4 is 5.69 Å². The summed E-state index contributed by atoms with van der Waals surface area (Å²) in [6, 6.07) is 5.27. The van der Waals surface area contributed by atoms with Crippen molar-refractivity contribution < 1.29 is 9.13 Å². The summed E-state index contributed by atoms with van der Waals surface area (Å²) in [6.45, 7) is 3.38. The van der Waals surface area contributed by atoms with E-state index in [2.05, 4.69) is 0 Å². The Bertz CT molecular complexity index is 403. The number of benzene rings is 1. The van der Waals surface area contributed by atoms with E-state index in [0.717, 1.165) is 31.6 Å². The number of ether oxygens (including phenoxy) is 1. The van der Waals surface area contributed by atoms with E-state index in [-0.39, 0.29) is 11.9 Å². The van der Waals surface area contributed by atoms with Crippen LogP contribution in [0.15, 0.2) is 18.2 Å². The highest BCUT2D eigenvalue weighted by atomic mass is 19.1. The molecule has 0 saturated carbocycles. The Morgan fingerprint density at radius 3 is 2.67 bits per heavy atom. The lowest BCUT2D eigenvalue weighted by Crippen LogP contribution is -2.38. The highest BCUT2D eigenvalue weighted by Gasteiger charge is 2.23. The lowest BCUT2D eigenvalue weighted by Gasteiger charge is -2.34. The van der Waals surface area contributed by atoms with E-state index in [1.807, 2.05) is 24.9 Å². The molecule has 18 heavy (non-hydrogen) atoms. The van der Waals surface area contributed by atoms with Crippen LogP contribution in [0.25, 0.3) is 0 Å². The molecule has 1 fully saturated rings. The average Bonchev–Trinajstić information content (AvgIpc) is 2.38. The number of para-hydroxylation sites is 1. The number of hydrogen-bond acceptors (Lipinski definition) is 3. The molecule has 1 aromatic carbocycles. The Hall–Kier alpha value is -1.13. The lowest BCUT2D eigenvalue weighted by atomic mass is 10.0. The van der Waals surface area contributed by atoms with Crippen molar-refractivity contribution in [1.29, 1.82) is 0 Å². The molecule has 1 atom stereocenters. The van der Waals surface area contributed by atoms with Crippen LogP contribution in [0.4, 0.5) is 10.1 Å². The van der Waals surface area contributed by atoms with Crippen LogP contribution < -0.4 is 10.6 Å². The van der Waals surface area contributed by atoms with Crippen molar-refractivity contribution in [3.63, 3.8) is 0 Å². The van der Waals surface area contributed by atoms with Gasteiger partial charge in [0.25, 0.3) is 0 Å². The number of anilines is 1. The molecule has 0 aliphatic carbocycles. The summed E-state index contributed by atoms with van der Waals surface area (Å²) in [5.41, 5.74) is 7.44. The summed E-state index contributed by atoms with van der Waals surface area (Å²) in [4.78, 5) is 2.02. The van der Waals surface area contributed by atoms with Gasteiger partial charge in [0, 0.05) is 32.3 Å². The molecule has 0 aromatic heterocycles. The van der Waals surface area contributed by atoms with E-state index >= 15 is 0 Å². The molecule has 0 radical (unpaired) electrons. The average molecular weight is 252 g/mol. The van der Waals surface area contributed by atoms with Crippen LogP contribution >= 0.6 is 0 Å². The molecule has 1 aromatic rings. The quantitative estimate of drug-likeness (QED) is 0.898. The standard InChI is InChI=1S/C14H21FN2O/c1-10(16)12-4-3-5-13(15)14(12)17(2)11-6-8-18-9-7-11/h3-5,10-11H,6-9,16H2,1-2H3/t10-/m0/s1. The first kappa shape index (κ1) is 13.3. The van der Waals surface area contributed by atoms with E-state index in [0.29, 0.717) is 11.7 Å². The molecule has 1 saturated heterocycles. The predicted octanol–water partition coefficient (Wildman–Crippen LogP) is 2.46. The van der Waals surface area contributed by atoms with Gasteiger partial charge in [-0.3, -0.25) is 0 Å². The smallest absolute Gasteiger partial charge is 0.146 e. The monoisotopic (exact) mass is 252 g/mol. The molecule has 0 bridgehead atoms. The maximum atomic E-state index is 14.1. The minimum atomic E-state index is -0.196. The summed E-state index contributed by atoms with van der Waals surface area (Å²) in [7, 11) is 1.94. The fraction of sp³-hybridized carbons (Fsp3) is 0.571. The SMILES string of the molecule is C[C@H](N)c1cccc(F)c1N(C)C1CCOCC1. The summed E-state index contributed by atoms with van der Waals surface area (Å²) in [6.07, 6.45) is 1.87. The zero-order valence-electron chi connectivity index (χ0n) is 11.0. The summed E-state index contributed by atoms with van der Waals surface area (Å²) < 4.78 is 19.4. The largest absolute Gasteiger partial charge is 0.381 e. The molecule has 0 spiro atoms. The number of halogens is 1. The van der Waals surface area contributed by atoms with Gasteiger partial charge in [-0.05, 0) is 31.4 Å². The van der Waals surface area contributed by atoms with Crippen molar-refractivity contribution in [2.24, 2.45) is 5.73 Å². The summed E-state index contributed by atoms with van der Waals surface area (Å²) >= 11 is 0. The zero-order chi connectivity index (χ0) is 13.1. The maximum Gasteiger partial charge on any atom is 0.146 e. The van der Waals surface area contributed by atoms with E-state index in [4.69, 9.17) is 10.5 Å². The van der Waals surface area contributed by atoms with Gasteiger partial charge in [0.1, 0.15) is 5.82 Å². The van der Waals surface area contributed by atoms with Gasteiger partial charge < -0.3 is 15.4 Å². The highest BCUT2D eigenvalue weighted by Crippen LogP contribution is 2.30. The molecule has 3 nitrogen and oxygen atoms in total. The lowest BCUT2D eigenvalue weighted by molar-refractivity contribution is 0.0853. The Morgan fingerprint density at radius 1 is 1.39 bits per heavy atom. The fourth-order valence-electron chi connectivity index (χ4n) is 2.53. The molecule has 4 heteroatoms. The second-order valence-corrected chi connectivity index (χ2v) is 4.92. The Labute approximate surface area is 108 Å². The van der Waals surface area contributed by atoms with E-state index in [1.165, 1.54) is 6.07 Å². The molecule has 0 amide bonds. The third-order valence-corrected chi connectivity index (χ3v) is 3.60. The van der Waals surface area contributed by atoms with E-state index in [1.54, 1.807) is 6.07 Å². The van der Waals surface area contributed by atoms with Crippen LogP contribution in [-0.2, 0) is 4.74 Å². The first-order valence-corrected chi connectivity index (χ1v) is 6.46. The first-order chi connectivity index (χ1) is 8.61. The second-order valence-electron chi connectivity index (χ2n) is 4.92. The van der Waals surface area contributed by atoms with Gasteiger partial charge in [-0.2, -0.15) is 0 Å². The zero-order valence-corrected chi connectivity index (χ0v) is 11.0. The topological polar surface area (TPSA) is 38.5 Å². The van der Waals surface area contributed by atoms with Crippen molar-refractivity contribution in [3.8, 4) is 0 Å². The van der Waals surface area contributed by atoms with Crippen LogP contribution in [0.2, 0.25) is 0 Å². The number of hydrogen-bond donors (Lipinski definition) is 1. The number of rotatable bonds is 3. The van der Waals surface area contributed by atoms with Gasteiger partial charge in [-0.25, -0.2) is 4.39 Å². The molecule has 2 rings (SSSR count). The Kier molecular flexibility index (Phi) is 4.19. The molecular weight excluding hydrogens is 231 g/mol. The van der Waals surface area contributed by atoms with Gasteiger partial charge in [-0.1, -0.05) is 12.1 Å². The maximum absolute atomic E-state index is 14.1. The van der Waals surface area contributed by atoms with Crippen molar-refractivity contribution in [2.45, 2.75) is 31.8 Å². The first-order valence-electron chi connectivity index (χ1n) is 6.46. The minimum absolute atomic E-state index is 0.169. The normalized spacial score (nSPS) is 18.7. The molecule has 2 N–H and O–H groups in total. The van der Waals surface area contributed by atoms with E-state index in [9.17, 15) is 4.39 Å². The second kappa shape index (κ2) is 5.67. The van der Waals surface area contributed by atoms with Gasteiger partial charge in [0.05, 0.1) is 5.69 Å². The van der Waals surface area contributed by atoms with Crippen molar-refractivity contribution in [2.75, 3.05) is 25.2 Å². The number of nitrogens with zero attached hydrogens (tertiary/aromatic N) is 1. The van der Waals surface area contributed by atoms with Crippen LogP contribution in [0.3, 0.4) is 0 Å². The molecular formula is C14H21FN2O. The van der Waals surface area contributed by atoms with Crippen LogP contribution in [0.5, 0.6) is 0 Å². The Balaban J connectivity index is 2.30. The molecule has 1 heterocycles. The van der Waals surface area contributed by atoms with Crippen molar-refractivity contribution in [1.82, 2.24) is 0 Å². The third-order valence-electron chi connectivity index (χ3n) is 3.60. The Morgan fingerprint density at radius 2 is 2.06 bits per heavy atom. The van der Waals surface area contributed by atoms with Gasteiger partial charge >= 0.3 is 0 Å². The van der Waals surface area contributed by atoms with E-state index < -0.39 is 0 Å². The van der Waals surface area contributed by atoms with Gasteiger partial charge in [0.15, 0.2) is 0 Å². The summed E-state index contributed by atoms with van der Waals surface area (Å²) in [5, 5.41) is 0. The van der Waals surface area contributed by atoms with Gasteiger partial charge in [-0.15, -0.1) is 0 Å².